The zero-order valence-electron chi connectivity index (χ0n) is 15.9. The standard InChI is InChI=1S/C20H22FN3O4S/c1-12(10-16(25)17-4-3-9-29-17)22-19(27)20(28)23-13-6-7-15(14(21)11-13)24-8-2-5-18(24)26/h3-4,6-7,9,11-12,16,25H,2,5,8,10H2,1H3,(H,22,27)(H,23,28). The zero-order valence-corrected chi connectivity index (χ0v) is 16.7. The molecular formula is C20H22FN3O4S. The number of carbonyl (C=O) groups excluding carboxylic acids is 3. The molecule has 1 aliphatic rings. The number of nitrogens with zero attached hydrogens (tertiary/aromatic N) is 1. The summed E-state index contributed by atoms with van der Waals surface area (Å²) in [5, 5.41) is 16.8. The van der Waals surface area contributed by atoms with Crippen molar-refractivity contribution < 1.29 is 23.9 Å². The molecule has 0 radical (unpaired) electrons. The van der Waals surface area contributed by atoms with Crippen molar-refractivity contribution in [3.63, 3.8) is 0 Å². The molecule has 3 amide bonds. The maximum atomic E-state index is 14.3. The van der Waals surface area contributed by atoms with E-state index in [0.717, 1.165) is 10.9 Å². The van der Waals surface area contributed by atoms with Gasteiger partial charge in [-0.15, -0.1) is 11.3 Å². The van der Waals surface area contributed by atoms with E-state index in [1.807, 2.05) is 11.4 Å². The molecular weight excluding hydrogens is 397 g/mol. The summed E-state index contributed by atoms with van der Waals surface area (Å²) < 4.78 is 14.3. The van der Waals surface area contributed by atoms with E-state index in [9.17, 15) is 23.9 Å². The van der Waals surface area contributed by atoms with E-state index >= 15 is 0 Å². The fourth-order valence-corrected chi connectivity index (χ4v) is 3.90. The molecule has 1 aliphatic heterocycles. The van der Waals surface area contributed by atoms with Crippen molar-refractivity contribution in [2.75, 3.05) is 16.8 Å². The van der Waals surface area contributed by atoms with Crippen molar-refractivity contribution in [2.45, 2.75) is 38.3 Å². The molecule has 2 aromatic rings. The normalized spacial score (nSPS) is 15.8. The van der Waals surface area contributed by atoms with Gasteiger partial charge in [0.05, 0.1) is 11.8 Å². The Morgan fingerprint density at radius 2 is 2.10 bits per heavy atom. The number of nitrogens with one attached hydrogen (secondary N) is 2. The Hall–Kier alpha value is -2.78. The van der Waals surface area contributed by atoms with Crippen LogP contribution in [0.5, 0.6) is 0 Å². The van der Waals surface area contributed by atoms with E-state index in [4.69, 9.17) is 0 Å². The molecule has 3 N–H and O–H groups in total. The van der Waals surface area contributed by atoms with Crippen molar-refractivity contribution in [1.29, 1.82) is 0 Å². The first-order valence-electron chi connectivity index (χ1n) is 9.28. The Kier molecular flexibility index (Phi) is 6.60. The lowest BCUT2D eigenvalue weighted by Gasteiger charge is -2.18. The molecule has 0 bridgehead atoms. The highest BCUT2D eigenvalue weighted by atomic mass is 32.1. The van der Waals surface area contributed by atoms with Gasteiger partial charge in [0.1, 0.15) is 5.82 Å². The molecule has 7 nitrogen and oxygen atoms in total. The van der Waals surface area contributed by atoms with Gasteiger partial charge in [-0.05, 0) is 49.4 Å². The molecule has 3 rings (SSSR count). The molecule has 154 valence electrons. The second kappa shape index (κ2) is 9.15. The third-order valence-electron chi connectivity index (χ3n) is 4.60. The van der Waals surface area contributed by atoms with Gasteiger partial charge in [0, 0.05) is 29.6 Å². The average molecular weight is 419 g/mol. The first kappa shape index (κ1) is 20.9. The molecule has 2 heterocycles. The van der Waals surface area contributed by atoms with Crippen LogP contribution in [-0.4, -0.2) is 35.4 Å². The van der Waals surface area contributed by atoms with Crippen LogP contribution in [0.2, 0.25) is 0 Å². The van der Waals surface area contributed by atoms with Gasteiger partial charge in [-0.25, -0.2) is 4.39 Å². The van der Waals surface area contributed by atoms with Gasteiger partial charge in [-0.1, -0.05) is 6.07 Å². The highest BCUT2D eigenvalue weighted by molar-refractivity contribution is 7.10. The number of carbonyl (C=O) groups is 3. The number of thiophene rings is 1. The van der Waals surface area contributed by atoms with Crippen molar-refractivity contribution >= 4 is 40.4 Å². The second-order valence-electron chi connectivity index (χ2n) is 6.91. The number of benzene rings is 1. The highest BCUT2D eigenvalue weighted by Crippen LogP contribution is 2.27. The summed E-state index contributed by atoms with van der Waals surface area (Å²) in [4.78, 5) is 38.1. The molecule has 1 fully saturated rings. The summed E-state index contributed by atoms with van der Waals surface area (Å²) >= 11 is 1.41. The van der Waals surface area contributed by atoms with Gasteiger partial charge in [-0.2, -0.15) is 0 Å². The summed E-state index contributed by atoms with van der Waals surface area (Å²) in [5.74, 6) is -2.60. The lowest BCUT2D eigenvalue weighted by Crippen LogP contribution is -2.41. The summed E-state index contributed by atoms with van der Waals surface area (Å²) in [6.07, 6.45) is 0.587. The van der Waals surface area contributed by atoms with E-state index in [1.165, 1.54) is 28.4 Å². The van der Waals surface area contributed by atoms with Crippen LogP contribution in [-0.2, 0) is 14.4 Å². The molecule has 0 saturated carbocycles. The lowest BCUT2D eigenvalue weighted by atomic mass is 10.1. The molecule has 1 saturated heterocycles. The third kappa shape index (κ3) is 5.18. The zero-order chi connectivity index (χ0) is 21.0. The van der Waals surface area contributed by atoms with E-state index in [0.29, 0.717) is 19.4 Å². The molecule has 2 unspecified atom stereocenters. The van der Waals surface area contributed by atoms with Gasteiger partial charge < -0.3 is 20.6 Å². The molecule has 0 spiro atoms. The number of anilines is 2. The SMILES string of the molecule is CC(CC(O)c1cccs1)NC(=O)C(=O)Nc1ccc(N2CCCC2=O)c(F)c1. The van der Waals surface area contributed by atoms with E-state index in [-0.39, 0.29) is 23.7 Å². The molecule has 0 aliphatic carbocycles. The number of rotatable bonds is 6. The van der Waals surface area contributed by atoms with E-state index in [2.05, 4.69) is 10.6 Å². The molecule has 1 aromatic carbocycles. The summed E-state index contributed by atoms with van der Waals surface area (Å²) in [6, 6.07) is 7.11. The fraction of sp³-hybridized carbons (Fsp3) is 0.350. The predicted octanol–water partition coefficient (Wildman–Crippen LogP) is 2.58. The van der Waals surface area contributed by atoms with E-state index in [1.54, 1.807) is 13.0 Å². The summed E-state index contributed by atoms with van der Waals surface area (Å²) in [5.41, 5.74) is 0.274. The number of hydrogen-bond donors (Lipinski definition) is 3. The minimum absolute atomic E-state index is 0.115. The number of amides is 3. The van der Waals surface area contributed by atoms with Gasteiger partial charge in [-0.3, -0.25) is 14.4 Å². The molecule has 2 atom stereocenters. The van der Waals surface area contributed by atoms with Crippen LogP contribution in [0.25, 0.3) is 0 Å². The molecule has 29 heavy (non-hydrogen) atoms. The van der Waals surface area contributed by atoms with Crippen molar-refractivity contribution in [1.82, 2.24) is 5.32 Å². The first-order chi connectivity index (χ1) is 13.8. The lowest BCUT2D eigenvalue weighted by molar-refractivity contribution is -0.136. The monoisotopic (exact) mass is 419 g/mol. The number of hydrogen-bond acceptors (Lipinski definition) is 5. The predicted molar refractivity (Wildman–Crippen MR) is 108 cm³/mol. The van der Waals surface area contributed by atoms with Gasteiger partial charge in [0.2, 0.25) is 5.91 Å². The number of aliphatic hydroxyl groups excluding tert-OH is 1. The van der Waals surface area contributed by atoms with Crippen molar-refractivity contribution in [3.8, 4) is 0 Å². The third-order valence-corrected chi connectivity index (χ3v) is 5.58. The number of halogens is 1. The minimum atomic E-state index is -0.938. The first-order valence-corrected chi connectivity index (χ1v) is 10.2. The Labute approximate surface area is 171 Å². The smallest absolute Gasteiger partial charge is 0.313 e. The summed E-state index contributed by atoms with van der Waals surface area (Å²) in [6.45, 7) is 2.14. The van der Waals surface area contributed by atoms with Crippen LogP contribution < -0.4 is 15.5 Å². The van der Waals surface area contributed by atoms with Crippen LogP contribution in [0, 0.1) is 5.82 Å². The van der Waals surface area contributed by atoms with Crippen LogP contribution in [0.1, 0.15) is 37.2 Å². The Morgan fingerprint density at radius 3 is 2.72 bits per heavy atom. The number of aliphatic hydroxyl groups is 1. The Morgan fingerprint density at radius 1 is 1.31 bits per heavy atom. The van der Waals surface area contributed by atoms with Crippen LogP contribution >= 0.6 is 11.3 Å². The van der Waals surface area contributed by atoms with Crippen molar-refractivity contribution in [2.24, 2.45) is 0 Å². The van der Waals surface area contributed by atoms with Crippen LogP contribution in [0.15, 0.2) is 35.7 Å². The molecule has 9 heteroatoms. The Bertz CT molecular complexity index is 903. The average Bonchev–Trinajstić information content (AvgIpc) is 3.33. The van der Waals surface area contributed by atoms with E-state index < -0.39 is 29.8 Å². The second-order valence-corrected chi connectivity index (χ2v) is 7.89. The topological polar surface area (TPSA) is 98.7 Å². The minimum Gasteiger partial charge on any atom is -0.387 e. The van der Waals surface area contributed by atoms with Crippen molar-refractivity contribution in [3.05, 3.63) is 46.4 Å². The highest BCUT2D eigenvalue weighted by Gasteiger charge is 2.25. The van der Waals surface area contributed by atoms with Gasteiger partial charge >= 0.3 is 11.8 Å². The summed E-state index contributed by atoms with van der Waals surface area (Å²) in [7, 11) is 0. The van der Waals surface area contributed by atoms with Crippen LogP contribution in [0.4, 0.5) is 15.8 Å². The fourth-order valence-electron chi connectivity index (χ4n) is 3.17. The quantitative estimate of drug-likeness (QED) is 0.627. The maximum absolute atomic E-state index is 14.3. The Balaban J connectivity index is 1.54. The maximum Gasteiger partial charge on any atom is 0.313 e. The van der Waals surface area contributed by atoms with Gasteiger partial charge in [0.15, 0.2) is 0 Å². The molecule has 1 aromatic heterocycles. The van der Waals surface area contributed by atoms with Gasteiger partial charge in [0.25, 0.3) is 0 Å². The van der Waals surface area contributed by atoms with Crippen LogP contribution in [0.3, 0.4) is 0 Å². The largest absolute Gasteiger partial charge is 0.387 e.